The molecule has 0 spiro atoms. The van der Waals surface area contributed by atoms with Crippen molar-refractivity contribution in [3.8, 4) is 5.75 Å². The first-order chi connectivity index (χ1) is 8.22. The number of nitrogens with two attached hydrogens (primary N) is 1. The minimum Gasteiger partial charge on any atom is -0.490 e. The van der Waals surface area contributed by atoms with E-state index < -0.39 is 0 Å². The van der Waals surface area contributed by atoms with Crippen LogP contribution in [-0.4, -0.2) is 6.61 Å². The van der Waals surface area contributed by atoms with Gasteiger partial charge < -0.3 is 10.5 Å². The molecule has 0 bridgehead atoms. The van der Waals surface area contributed by atoms with Crippen molar-refractivity contribution in [1.82, 2.24) is 0 Å². The summed E-state index contributed by atoms with van der Waals surface area (Å²) >= 11 is 3.21. The van der Waals surface area contributed by atoms with Crippen LogP contribution in [0.4, 0.5) is 4.39 Å². The monoisotopic (exact) mass is 301 g/mol. The number of ether oxygens (including phenoxy) is 1. The second-order valence-corrected chi connectivity index (χ2v) is 5.31. The first-order valence-corrected chi connectivity index (χ1v) is 6.81. The zero-order valence-corrected chi connectivity index (χ0v) is 11.3. The van der Waals surface area contributed by atoms with Crippen LogP contribution in [0.2, 0.25) is 0 Å². The van der Waals surface area contributed by atoms with Gasteiger partial charge in [-0.3, -0.25) is 0 Å². The minimum absolute atomic E-state index is 0.320. The van der Waals surface area contributed by atoms with Crippen molar-refractivity contribution >= 4 is 15.9 Å². The quantitative estimate of drug-likeness (QED) is 0.922. The number of hydrogen-bond acceptors (Lipinski definition) is 2. The summed E-state index contributed by atoms with van der Waals surface area (Å²) in [5, 5.41) is 0. The van der Waals surface area contributed by atoms with Crippen LogP contribution in [0.1, 0.15) is 31.2 Å². The number of hydrogen-bond donors (Lipinski definition) is 1. The Morgan fingerprint density at radius 3 is 2.71 bits per heavy atom. The lowest BCUT2D eigenvalue weighted by Gasteiger charge is -2.13. The van der Waals surface area contributed by atoms with E-state index in [1.807, 2.05) is 0 Å². The predicted octanol–water partition coefficient (Wildman–Crippen LogP) is 3.62. The molecule has 0 amide bonds. The van der Waals surface area contributed by atoms with Crippen molar-refractivity contribution < 1.29 is 9.13 Å². The van der Waals surface area contributed by atoms with E-state index in [1.54, 1.807) is 12.1 Å². The van der Waals surface area contributed by atoms with Gasteiger partial charge in [0.05, 0.1) is 11.1 Å². The maximum absolute atomic E-state index is 13.9. The van der Waals surface area contributed by atoms with Crippen LogP contribution >= 0.6 is 15.9 Å². The second kappa shape index (κ2) is 5.83. The lowest BCUT2D eigenvalue weighted by Crippen LogP contribution is -2.09. The largest absolute Gasteiger partial charge is 0.490 e. The van der Waals surface area contributed by atoms with Gasteiger partial charge in [-0.05, 0) is 46.3 Å². The number of halogens is 2. The molecule has 0 unspecified atom stereocenters. The van der Waals surface area contributed by atoms with Crippen LogP contribution in [0.5, 0.6) is 5.75 Å². The summed E-state index contributed by atoms with van der Waals surface area (Å²) in [5.41, 5.74) is 6.27. The average Bonchev–Trinajstić information content (AvgIpc) is 2.84. The van der Waals surface area contributed by atoms with Crippen molar-refractivity contribution in [2.24, 2.45) is 11.7 Å². The molecule has 0 atom stereocenters. The van der Waals surface area contributed by atoms with Crippen LogP contribution in [0.25, 0.3) is 0 Å². The summed E-state index contributed by atoms with van der Waals surface area (Å²) in [5.74, 6) is 0.564. The lowest BCUT2D eigenvalue weighted by atomic mass is 10.1. The molecule has 17 heavy (non-hydrogen) atoms. The Bertz CT molecular complexity index is 391. The molecule has 0 aromatic heterocycles. The van der Waals surface area contributed by atoms with Crippen LogP contribution in [0.3, 0.4) is 0 Å². The Morgan fingerprint density at radius 2 is 2.06 bits per heavy atom. The van der Waals surface area contributed by atoms with E-state index in [9.17, 15) is 4.39 Å². The van der Waals surface area contributed by atoms with Gasteiger partial charge in [-0.25, -0.2) is 4.39 Å². The maximum atomic E-state index is 13.9. The molecule has 1 aromatic rings. The fourth-order valence-electron chi connectivity index (χ4n) is 2.23. The van der Waals surface area contributed by atoms with E-state index in [4.69, 9.17) is 10.5 Å². The van der Waals surface area contributed by atoms with Gasteiger partial charge in [-0.15, -0.1) is 0 Å². The molecule has 2 nitrogen and oxygen atoms in total. The van der Waals surface area contributed by atoms with Crippen LogP contribution < -0.4 is 10.5 Å². The Kier molecular flexibility index (Phi) is 4.40. The molecule has 2 N–H and O–H groups in total. The molecule has 0 aliphatic heterocycles. The topological polar surface area (TPSA) is 35.2 Å². The van der Waals surface area contributed by atoms with Gasteiger partial charge in [-0.2, -0.15) is 0 Å². The third kappa shape index (κ3) is 2.99. The maximum Gasteiger partial charge on any atom is 0.179 e. The van der Waals surface area contributed by atoms with E-state index in [1.165, 1.54) is 25.7 Å². The van der Waals surface area contributed by atoms with Crippen LogP contribution in [0.15, 0.2) is 16.6 Å². The summed E-state index contributed by atoms with van der Waals surface area (Å²) in [6, 6.07) is 3.47. The minimum atomic E-state index is -0.342. The molecule has 2 rings (SSSR count). The van der Waals surface area contributed by atoms with E-state index in [0.29, 0.717) is 29.3 Å². The van der Waals surface area contributed by atoms with Gasteiger partial charge in [0.1, 0.15) is 0 Å². The zero-order valence-electron chi connectivity index (χ0n) is 9.72. The summed E-state index contributed by atoms with van der Waals surface area (Å²) in [6.07, 6.45) is 4.94. The molecule has 0 radical (unpaired) electrons. The van der Waals surface area contributed by atoms with E-state index in [0.717, 1.165) is 5.56 Å². The number of benzene rings is 1. The number of rotatable bonds is 4. The standard InChI is InChI=1S/C13H17BrFNO/c14-12-10(7-16)5-6-11(13(12)15)17-8-9-3-1-2-4-9/h5-6,9H,1-4,7-8,16H2. The van der Waals surface area contributed by atoms with Crippen molar-refractivity contribution in [1.29, 1.82) is 0 Å². The van der Waals surface area contributed by atoms with Crippen molar-refractivity contribution in [3.05, 3.63) is 28.0 Å². The van der Waals surface area contributed by atoms with Gasteiger partial charge in [-0.1, -0.05) is 18.9 Å². The Balaban J connectivity index is 2.03. The molecule has 1 aliphatic rings. The lowest BCUT2D eigenvalue weighted by molar-refractivity contribution is 0.241. The van der Waals surface area contributed by atoms with E-state index in [-0.39, 0.29) is 5.82 Å². The molecule has 1 fully saturated rings. The third-order valence-electron chi connectivity index (χ3n) is 3.30. The predicted molar refractivity (Wildman–Crippen MR) is 69.4 cm³/mol. The van der Waals surface area contributed by atoms with Crippen LogP contribution in [0, 0.1) is 11.7 Å². The van der Waals surface area contributed by atoms with Gasteiger partial charge in [0.15, 0.2) is 11.6 Å². The highest BCUT2D eigenvalue weighted by molar-refractivity contribution is 9.10. The van der Waals surface area contributed by atoms with E-state index >= 15 is 0 Å². The molecule has 94 valence electrons. The van der Waals surface area contributed by atoms with Gasteiger partial charge in [0.2, 0.25) is 0 Å². The Labute approximate surface area is 109 Å². The fraction of sp³-hybridized carbons (Fsp3) is 0.538. The normalized spacial score (nSPS) is 16.4. The van der Waals surface area contributed by atoms with Crippen molar-refractivity contribution in [3.63, 3.8) is 0 Å². The molecule has 0 saturated heterocycles. The van der Waals surface area contributed by atoms with Gasteiger partial charge in [0.25, 0.3) is 0 Å². The molecular weight excluding hydrogens is 285 g/mol. The molecule has 1 saturated carbocycles. The van der Waals surface area contributed by atoms with Crippen molar-refractivity contribution in [2.75, 3.05) is 6.61 Å². The van der Waals surface area contributed by atoms with Crippen molar-refractivity contribution in [2.45, 2.75) is 32.2 Å². The van der Waals surface area contributed by atoms with Gasteiger partial charge in [0, 0.05) is 6.54 Å². The highest BCUT2D eigenvalue weighted by Crippen LogP contribution is 2.30. The Hall–Kier alpha value is -0.610. The fourth-order valence-corrected chi connectivity index (χ4v) is 2.71. The summed E-state index contributed by atoms with van der Waals surface area (Å²) in [4.78, 5) is 0. The molecule has 1 aliphatic carbocycles. The summed E-state index contributed by atoms with van der Waals surface area (Å²) in [7, 11) is 0. The highest BCUT2D eigenvalue weighted by Gasteiger charge is 2.17. The van der Waals surface area contributed by atoms with Gasteiger partial charge >= 0.3 is 0 Å². The summed E-state index contributed by atoms with van der Waals surface area (Å²) in [6.45, 7) is 0.936. The molecule has 1 aromatic carbocycles. The molecule has 4 heteroatoms. The Morgan fingerprint density at radius 1 is 1.35 bits per heavy atom. The highest BCUT2D eigenvalue weighted by atomic mass is 79.9. The first-order valence-electron chi connectivity index (χ1n) is 6.02. The van der Waals surface area contributed by atoms with Crippen LogP contribution in [-0.2, 0) is 6.54 Å². The molecular formula is C13H17BrFNO. The SMILES string of the molecule is NCc1ccc(OCC2CCCC2)c(F)c1Br. The first kappa shape index (κ1) is 12.8. The van der Waals surface area contributed by atoms with E-state index in [2.05, 4.69) is 15.9 Å². The average molecular weight is 302 g/mol. The zero-order chi connectivity index (χ0) is 12.3. The second-order valence-electron chi connectivity index (χ2n) is 4.52. The smallest absolute Gasteiger partial charge is 0.179 e. The molecule has 0 heterocycles. The third-order valence-corrected chi connectivity index (χ3v) is 4.15. The summed E-state index contributed by atoms with van der Waals surface area (Å²) < 4.78 is 19.9.